The number of benzene rings is 4. The Bertz CT molecular complexity index is 1380. The molecule has 1 unspecified atom stereocenters. The third kappa shape index (κ3) is 6.39. The molecule has 192 valence electrons. The zero-order valence-electron chi connectivity index (χ0n) is 19.8. The van der Waals surface area contributed by atoms with Crippen molar-refractivity contribution in [3.63, 3.8) is 0 Å². The molecule has 9 heteroatoms. The van der Waals surface area contributed by atoms with Crippen LogP contribution in [0.5, 0.6) is 17.2 Å². The van der Waals surface area contributed by atoms with Gasteiger partial charge in [0.2, 0.25) is 0 Å². The standard InChI is InChI=1S/C28H28N2O6S/c31-18-27(21-10-15-28(34)26(16-21)30-37(35,36)24-4-2-1-3-5-24)29-17-25(19-6-11-22(32)12-7-19)20-8-13-23(33)14-9-20/h1-16,25,27,29-34H,17-18H2. The fourth-order valence-electron chi connectivity index (χ4n) is 4.04. The van der Waals surface area contributed by atoms with Crippen LogP contribution in [0.25, 0.3) is 0 Å². The highest BCUT2D eigenvalue weighted by Gasteiger charge is 2.20. The summed E-state index contributed by atoms with van der Waals surface area (Å²) in [5, 5.41) is 43.2. The van der Waals surface area contributed by atoms with Crippen molar-refractivity contribution in [3.8, 4) is 17.2 Å². The van der Waals surface area contributed by atoms with E-state index in [0.29, 0.717) is 12.1 Å². The number of aliphatic hydroxyl groups excluding tert-OH is 1. The quantitative estimate of drug-likeness (QED) is 0.173. The summed E-state index contributed by atoms with van der Waals surface area (Å²) in [5.74, 6) is -0.137. The fraction of sp³-hybridized carbons (Fsp3) is 0.143. The van der Waals surface area contributed by atoms with Crippen molar-refractivity contribution < 1.29 is 28.8 Å². The van der Waals surface area contributed by atoms with Gasteiger partial charge in [-0.3, -0.25) is 4.72 Å². The van der Waals surface area contributed by atoms with Crippen molar-refractivity contribution in [1.82, 2.24) is 5.32 Å². The summed E-state index contributed by atoms with van der Waals surface area (Å²) in [4.78, 5) is 0.0577. The number of sulfonamides is 1. The lowest BCUT2D eigenvalue weighted by Crippen LogP contribution is -2.29. The number of rotatable bonds is 10. The molecule has 0 bridgehead atoms. The summed E-state index contributed by atoms with van der Waals surface area (Å²) in [6, 6.07) is 25.3. The first-order valence-corrected chi connectivity index (χ1v) is 13.1. The molecule has 0 saturated heterocycles. The molecule has 0 aromatic heterocycles. The van der Waals surface area contributed by atoms with Crippen LogP contribution in [0.4, 0.5) is 5.69 Å². The van der Waals surface area contributed by atoms with Gasteiger partial charge in [0.15, 0.2) is 0 Å². The first-order valence-electron chi connectivity index (χ1n) is 11.6. The second-order valence-electron chi connectivity index (χ2n) is 8.57. The van der Waals surface area contributed by atoms with E-state index in [4.69, 9.17) is 0 Å². The van der Waals surface area contributed by atoms with Gasteiger partial charge in [-0.25, -0.2) is 8.42 Å². The maximum atomic E-state index is 12.8. The first kappa shape index (κ1) is 26.0. The largest absolute Gasteiger partial charge is 0.508 e. The molecule has 0 fully saturated rings. The Morgan fingerprint density at radius 1 is 0.703 bits per heavy atom. The SMILES string of the molecule is O=S(=O)(Nc1cc(C(CO)NCC(c2ccc(O)cc2)c2ccc(O)cc2)ccc1O)c1ccccc1. The molecular weight excluding hydrogens is 492 g/mol. The second-order valence-corrected chi connectivity index (χ2v) is 10.3. The molecule has 0 radical (unpaired) electrons. The fourth-order valence-corrected chi connectivity index (χ4v) is 5.13. The number of hydrogen-bond acceptors (Lipinski definition) is 7. The van der Waals surface area contributed by atoms with Crippen LogP contribution in [0.15, 0.2) is 102 Å². The zero-order chi connectivity index (χ0) is 26.4. The average molecular weight is 521 g/mol. The van der Waals surface area contributed by atoms with Crippen LogP contribution >= 0.6 is 0 Å². The van der Waals surface area contributed by atoms with E-state index in [2.05, 4.69) is 10.0 Å². The number of phenols is 3. The van der Waals surface area contributed by atoms with Crippen molar-refractivity contribution in [2.75, 3.05) is 17.9 Å². The summed E-state index contributed by atoms with van der Waals surface area (Å²) in [5.41, 5.74) is 2.39. The summed E-state index contributed by atoms with van der Waals surface area (Å²) >= 11 is 0. The molecule has 4 aromatic carbocycles. The van der Waals surface area contributed by atoms with Crippen LogP contribution in [0.2, 0.25) is 0 Å². The highest BCUT2D eigenvalue weighted by molar-refractivity contribution is 7.92. The van der Waals surface area contributed by atoms with E-state index in [0.717, 1.165) is 11.1 Å². The van der Waals surface area contributed by atoms with Crippen molar-refractivity contribution in [2.24, 2.45) is 0 Å². The molecule has 6 N–H and O–H groups in total. The number of aromatic hydroxyl groups is 3. The molecule has 0 spiro atoms. The molecule has 8 nitrogen and oxygen atoms in total. The van der Waals surface area contributed by atoms with E-state index < -0.39 is 16.1 Å². The minimum atomic E-state index is -3.92. The summed E-state index contributed by atoms with van der Waals surface area (Å²) in [6.45, 7) is 0.0975. The van der Waals surface area contributed by atoms with E-state index >= 15 is 0 Å². The average Bonchev–Trinajstić information content (AvgIpc) is 2.90. The number of aliphatic hydroxyl groups is 1. The van der Waals surface area contributed by atoms with Crippen LogP contribution in [0, 0.1) is 0 Å². The lowest BCUT2D eigenvalue weighted by molar-refractivity contribution is 0.243. The highest BCUT2D eigenvalue weighted by atomic mass is 32.2. The van der Waals surface area contributed by atoms with Gasteiger partial charge in [0.1, 0.15) is 17.2 Å². The monoisotopic (exact) mass is 520 g/mol. The third-order valence-electron chi connectivity index (χ3n) is 6.06. The van der Waals surface area contributed by atoms with Crippen LogP contribution in [-0.2, 0) is 10.0 Å². The summed E-state index contributed by atoms with van der Waals surface area (Å²) < 4.78 is 27.9. The lowest BCUT2D eigenvalue weighted by atomic mass is 9.90. The molecule has 0 aliphatic rings. The molecule has 0 amide bonds. The van der Waals surface area contributed by atoms with Gasteiger partial charge in [-0.2, -0.15) is 0 Å². The number of hydrogen-bond donors (Lipinski definition) is 6. The number of phenolic OH excluding ortho intramolecular Hbond substituents is 3. The van der Waals surface area contributed by atoms with Crippen LogP contribution in [0.1, 0.15) is 28.7 Å². The minimum absolute atomic E-state index is 0.00442. The maximum Gasteiger partial charge on any atom is 0.262 e. The smallest absolute Gasteiger partial charge is 0.262 e. The van der Waals surface area contributed by atoms with E-state index in [1.54, 1.807) is 72.8 Å². The molecule has 1 atom stereocenters. The summed E-state index contributed by atoms with van der Waals surface area (Å²) in [7, 11) is -3.92. The predicted octanol–water partition coefficient (Wildman–Crippen LogP) is 4.06. The Morgan fingerprint density at radius 2 is 1.24 bits per heavy atom. The van der Waals surface area contributed by atoms with Crippen LogP contribution < -0.4 is 10.0 Å². The Balaban J connectivity index is 1.57. The van der Waals surface area contributed by atoms with Gasteiger partial charge in [0.25, 0.3) is 10.0 Å². The number of anilines is 1. The Morgan fingerprint density at radius 3 is 1.78 bits per heavy atom. The number of nitrogens with one attached hydrogen (secondary N) is 2. The molecular formula is C28H28N2O6S. The second kappa shape index (κ2) is 11.3. The minimum Gasteiger partial charge on any atom is -0.508 e. The van der Waals surface area contributed by atoms with Crippen molar-refractivity contribution >= 4 is 15.7 Å². The molecule has 37 heavy (non-hydrogen) atoms. The van der Waals surface area contributed by atoms with Gasteiger partial charge >= 0.3 is 0 Å². The van der Waals surface area contributed by atoms with Gasteiger partial charge in [-0.15, -0.1) is 0 Å². The van der Waals surface area contributed by atoms with E-state index in [1.807, 2.05) is 0 Å². The van der Waals surface area contributed by atoms with Gasteiger partial charge < -0.3 is 25.7 Å². The van der Waals surface area contributed by atoms with Gasteiger partial charge in [-0.1, -0.05) is 48.5 Å². The first-order chi connectivity index (χ1) is 17.8. The van der Waals surface area contributed by atoms with E-state index in [1.165, 1.54) is 24.3 Å². The van der Waals surface area contributed by atoms with Crippen molar-refractivity contribution in [3.05, 3.63) is 114 Å². The lowest BCUT2D eigenvalue weighted by Gasteiger charge is -2.24. The zero-order valence-corrected chi connectivity index (χ0v) is 20.6. The maximum absolute atomic E-state index is 12.8. The predicted molar refractivity (Wildman–Crippen MR) is 141 cm³/mol. The molecule has 0 saturated carbocycles. The topological polar surface area (TPSA) is 139 Å². The molecule has 0 aliphatic carbocycles. The Labute approximate surface area is 215 Å². The molecule has 0 aliphatic heterocycles. The van der Waals surface area contributed by atoms with Gasteiger partial charge in [0.05, 0.1) is 23.2 Å². The van der Waals surface area contributed by atoms with Gasteiger partial charge in [0, 0.05) is 12.5 Å². The van der Waals surface area contributed by atoms with Gasteiger partial charge in [-0.05, 0) is 65.2 Å². The highest BCUT2D eigenvalue weighted by Crippen LogP contribution is 2.31. The normalized spacial score (nSPS) is 12.4. The van der Waals surface area contributed by atoms with E-state index in [9.17, 15) is 28.8 Å². The Kier molecular flexibility index (Phi) is 7.98. The van der Waals surface area contributed by atoms with Crippen molar-refractivity contribution in [1.29, 1.82) is 0 Å². The molecule has 4 aromatic rings. The summed E-state index contributed by atoms with van der Waals surface area (Å²) in [6.07, 6.45) is 0. The molecule has 0 heterocycles. The molecule has 4 rings (SSSR count). The van der Waals surface area contributed by atoms with Crippen molar-refractivity contribution in [2.45, 2.75) is 16.9 Å². The third-order valence-corrected chi connectivity index (χ3v) is 7.44. The van der Waals surface area contributed by atoms with E-state index in [-0.39, 0.29) is 40.4 Å². The van der Waals surface area contributed by atoms with Crippen LogP contribution in [-0.4, -0.2) is 42.0 Å². The Hall–Kier alpha value is -4.05. The van der Waals surface area contributed by atoms with Crippen LogP contribution in [0.3, 0.4) is 0 Å².